The predicted octanol–water partition coefficient (Wildman–Crippen LogP) is 4.57. The molecule has 0 aromatic carbocycles. The molecule has 0 spiro atoms. The molecule has 0 aromatic heterocycles. The molecule has 4 heteroatoms. The van der Waals surface area contributed by atoms with E-state index in [1.165, 1.54) is 38.5 Å². The Bertz CT molecular complexity index is 280. The number of rotatable bonds is 14. The highest BCUT2D eigenvalue weighted by Gasteiger charge is 2.01. The van der Waals surface area contributed by atoms with Gasteiger partial charge in [0.05, 0.1) is 13.2 Å². The molecule has 0 amide bonds. The van der Waals surface area contributed by atoms with Crippen LogP contribution < -0.4 is 0 Å². The van der Waals surface area contributed by atoms with Crippen molar-refractivity contribution >= 4 is 11.9 Å². The van der Waals surface area contributed by atoms with Crippen molar-refractivity contribution in [3.63, 3.8) is 0 Å². The molecule has 0 aromatic rings. The number of unbranched alkanes of at least 4 members (excludes halogenated alkanes) is 8. The first-order valence-corrected chi connectivity index (χ1v) is 8.72. The van der Waals surface area contributed by atoms with Crippen LogP contribution in [0, 0.1) is 0 Å². The third-order valence-corrected chi connectivity index (χ3v) is 3.34. The molecule has 0 aliphatic heterocycles. The fourth-order valence-corrected chi connectivity index (χ4v) is 1.99. The molecule has 0 aliphatic carbocycles. The van der Waals surface area contributed by atoms with Crippen LogP contribution in [0.3, 0.4) is 0 Å². The van der Waals surface area contributed by atoms with Crippen LogP contribution >= 0.6 is 0 Å². The van der Waals surface area contributed by atoms with Crippen molar-refractivity contribution in [2.45, 2.75) is 78.1 Å². The minimum absolute atomic E-state index is 0.416. The van der Waals surface area contributed by atoms with Gasteiger partial charge in [-0.1, -0.05) is 65.2 Å². The Hall–Kier alpha value is -1.32. The van der Waals surface area contributed by atoms with Gasteiger partial charge in [0.15, 0.2) is 0 Å². The quantitative estimate of drug-likeness (QED) is 0.268. The van der Waals surface area contributed by atoms with E-state index in [2.05, 4.69) is 13.8 Å². The third kappa shape index (κ3) is 15.1. The van der Waals surface area contributed by atoms with Crippen LogP contribution in [0.25, 0.3) is 0 Å². The average Bonchev–Trinajstić information content (AvgIpc) is 2.52. The molecule has 0 N–H and O–H groups in total. The van der Waals surface area contributed by atoms with Crippen LogP contribution in [-0.2, 0) is 19.1 Å². The van der Waals surface area contributed by atoms with Gasteiger partial charge in [0, 0.05) is 12.2 Å². The van der Waals surface area contributed by atoms with Gasteiger partial charge in [-0.15, -0.1) is 0 Å². The molecule has 128 valence electrons. The minimum Gasteiger partial charge on any atom is -0.463 e. The first-order chi connectivity index (χ1) is 10.7. The van der Waals surface area contributed by atoms with E-state index < -0.39 is 11.9 Å². The van der Waals surface area contributed by atoms with Crippen LogP contribution in [0.4, 0.5) is 0 Å². The van der Waals surface area contributed by atoms with Gasteiger partial charge in [-0.05, 0) is 12.8 Å². The van der Waals surface area contributed by atoms with Crippen molar-refractivity contribution < 1.29 is 19.1 Å². The fourth-order valence-electron chi connectivity index (χ4n) is 1.99. The zero-order valence-corrected chi connectivity index (χ0v) is 14.3. The van der Waals surface area contributed by atoms with Gasteiger partial charge in [0.2, 0.25) is 0 Å². The highest BCUT2D eigenvalue weighted by atomic mass is 16.5. The molecule has 0 saturated carbocycles. The maximum atomic E-state index is 11.4. The zero-order valence-electron chi connectivity index (χ0n) is 14.3. The van der Waals surface area contributed by atoms with Crippen LogP contribution in [0.5, 0.6) is 0 Å². The Morgan fingerprint density at radius 1 is 0.636 bits per heavy atom. The SMILES string of the molecule is CCCCCCCOC(=O)/C=C/C(=O)OCCCCCCC. The Labute approximate surface area is 135 Å². The smallest absolute Gasteiger partial charge is 0.331 e. The van der Waals surface area contributed by atoms with Crippen molar-refractivity contribution in [2.24, 2.45) is 0 Å². The van der Waals surface area contributed by atoms with Gasteiger partial charge in [0.1, 0.15) is 0 Å². The van der Waals surface area contributed by atoms with Gasteiger partial charge in [-0.2, -0.15) is 0 Å². The molecule has 0 heterocycles. The summed E-state index contributed by atoms with van der Waals surface area (Å²) in [5.41, 5.74) is 0. The van der Waals surface area contributed by atoms with Gasteiger partial charge in [-0.25, -0.2) is 9.59 Å². The van der Waals surface area contributed by atoms with Gasteiger partial charge < -0.3 is 9.47 Å². The molecular formula is C18H32O4. The van der Waals surface area contributed by atoms with Crippen LogP contribution in [0.2, 0.25) is 0 Å². The van der Waals surface area contributed by atoms with E-state index in [1.807, 2.05) is 0 Å². The third-order valence-electron chi connectivity index (χ3n) is 3.34. The number of carbonyl (C=O) groups is 2. The molecule has 0 atom stereocenters. The van der Waals surface area contributed by atoms with E-state index in [0.29, 0.717) is 13.2 Å². The lowest BCUT2D eigenvalue weighted by Gasteiger charge is -2.02. The maximum absolute atomic E-state index is 11.4. The lowest BCUT2D eigenvalue weighted by molar-refractivity contribution is -0.140. The summed E-state index contributed by atoms with van der Waals surface area (Å²) in [6.45, 7) is 5.16. The van der Waals surface area contributed by atoms with Crippen LogP contribution in [0.15, 0.2) is 12.2 Å². The van der Waals surface area contributed by atoms with Gasteiger partial charge >= 0.3 is 11.9 Å². The maximum Gasteiger partial charge on any atom is 0.331 e. The molecule has 0 rings (SSSR count). The second-order valence-electron chi connectivity index (χ2n) is 5.50. The number of esters is 2. The first kappa shape index (κ1) is 20.7. The molecule has 0 saturated heterocycles. The summed E-state index contributed by atoms with van der Waals surface area (Å²) in [4.78, 5) is 22.7. The summed E-state index contributed by atoms with van der Waals surface area (Å²) in [7, 11) is 0. The standard InChI is InChI=1S/C18H32O4/c1-3-5-7-9-11-15-21-17(19)13-14-18(20)22-16-12-10-8-6-4-2/h13-14H,3-12,15-16H2,1-2H3/b14-13+. The second kappa shape index (κ2) is 16.1. The van der Waals surface area contributed by atoms with Crippen molar-refractivity contribution in [3.05, 3.63) is 12.2 Å². The molecule has 22 heavy (non-hydrogen) atoms. The molecule has 0 unspecified atom stereocenters. The lowest BCUT2D eigenvalue weighted by atomic mass is 10.2. The molecule has 0 aliphatic rings. The summed E-state index contributed by atoms with van der Waals surface area (Å²) in [5, 5.41) is 0. The van der Waals surface area contributed by atoms with Crippen LogP contribution in [0.1, 0.15) is 78.1 Å². The summed E-state index contributed by atoms with van der Waals surface area (Å²) >= 11 is 0. The zero-order chi connectivity index (χ0) is 16.5. The Kier molecular flexibility index (Phi) is 15.1. The predicted molar refractivity (Wildman–Crippen MR) is 88.6 cm³/mol. The highest BCUT2D eigenvalue weighted by Crippen LogP contribution is 2.03. The molecule has 4 nitrogen and oxygen atoms in total. The van der Waals surface area contributed by atoms with E-state index in [4.69, 9.17) is 9.47 Å². The molecule has 0 fully saturated rings. The monoisotopic (exact) mass is 312 g/mol. The first-order valence-electron chi connectivity index (χ1n) is 8.72. The van der Waals surface area contributed by atoms with Crippen molar-refractivity contribution in [1.82, 2.24) is 0 Å². The second-order valence-corrected chi connectivity index (χ2v) is 5.50. The van der Waals surface area contributed by atoms with Crippen molar-refractivity contribution in [2.75, 3.05) is 13.2 Å². The van der Waals surface area contributed by atoms with Gasteiger partial charge in [0.25, 0.3) is 0 Å². The summed E-state index contributed by atoms with van der Waals surface area (Å²) < 4.78 is 10.0. The lowest BCUT2D eigenvalue weighted by Crippen LogP contribution is -2.06. The number of carbonyl (C=O) groups excluding carboxylic acids is 2. The van der Waals surface area contributed by atoms with E-state index >= 15 is 0 Å². The Morgan fingerprint density at radius 3 is 1.36 bits per heavy atom. The molecule has 0 radical (unpaired) electrons. The van der Waals surface area contributed by atoms with E-state index in [-0.39, 0.29) is 0 Å². The van der Waals surface area contributed by atoms with Gasteiger partial charge in [-0.3, -0.25) is 0 Å². The summed E-state index contributed by atoms with van der Waals surface area (Å²) in [6.07, 6.45) is 13.4. The van der Waals surface area contributed by atoms with E-state index in [0.717, 1.165) is 37.8 Å². The molecule has 0 bridgehead atoms. The number of hydrogen-bond donors (Lipinski definition) is 0. The largest absolute Gasteiger partial charge is 0.463 e. The van der Waals surface area contributed by atoms with Crippen molar-refractivity contribution in [1.29, 1.82) is 0 Å². The normalized spacial score (nSPS) is 10.8. The van der Waals surface area contributed by atoms with E-state index in [9.17, 15) is 9.59 Å². The summed E-state index contributed by atoms with van der Waals surface area (Å²) in [5.74, 6) is -0.953. The highest BCUT2D eigenvalue weighted by molar-refractivity contribution is 5.91. The number of hydrogen-bond acceptors (Lipinski definition) is 4. The average molecular weight is 312 g/mol. The van der Waals surface area contributed by atoms with E-state index in [1.54, 1.807) is 0 Å². The number of ether oxygens (including phenoxy) is 2. The molecular weight excluding hydrogens is 280 g/mol. The summed E-state index contributed by atoms with van der Waals surface area (Å²) in [6, 6.07) is 0. The topological polar surface area (TPSA) is 52.6 Å². The Morgan fingerprint density at radius 2 is 1.00 bits per heavy atom. The Balaban J connectivity index is 3.51. The minimum atomic E-state index is -0.476. The van der Waals surface area contributed by atoms with Crippen LogP contribution in [-0.4, -0.2) is 25.2 Å². The van der Waals surface area contributed by atoms with Crippen molar-refractivity contribution in [3.8, 4) is 0 Å². The fraction of sp³-hybridized carbons (Fsp3) is 0.778.